The lowest BCUT2D eigenvalue weighted by atomic mass is 9.49. The van der Waals surface area contributed by atoms with Gasteiger partial charge in [-0.3, -0.25) is 39.2 Å². The van der Waals surface area contributed by atoms with E-state index in [-0.39, 0.29) is 59.2 Å². The molecule has 3 aliphatic heterocycles. The van der Waals surface area contributed by atoms with Crippen LogP contribution in [0.25, 0.3) is 10.9 Å². The molecule has 326 valence electrons. The molecular weight excluding hydrogens is 795 g/mol. The number of benzene rings is 3. The van der Waals surface area contributed by atoms with E-state index >= 15 is 0 Å². The minimum atomic E-state index is -1.05. The number of aromatic nitrogens is 1. The van der Waals surface area contributed by atoms with Crippen molar-refractivity contribution in [2.24, 2.45) is 28.6 Å². The highest BCUT2D eigenvalue weighted by atomic mass is 16.5. The monoisotopic (exact) mass is 849 g/mol. The van der Waals surface area contributed by atoms with Gasteiger partial charge in [0.1, 0.15) is 17.9 Å². The van der Waals surface area contributed by atoms with Crippen molar-refractivity contribution >= 4 is 51.6 Å². The molecule has 4 aromatic rings. The second kappa shape index (κ2) is 16.5. The molecule has 2 atom stereocenters. The number of nitrogens with zero attached hydrogens (tertiary/aromatic N) is 5. The number of pyridine rings is 1. The number of ketones is 2. The number of piperazine rings is 1. The molecule has 13 nitrogen and oxygen atoms in total. The Labute approximate surface area is 368 Å². The van der Waals surface area contributed by atoms with Gasteiger partial charge >= 0.3 is 0 Å². The molecule has 3 saturated heterocycles. The Morgan fingerprint density at radius 3 is 2.22 bits per heavy atom. The van der Waals surface area contributed by atoms with E-state index in [1.54, 1.807) is 18.3 Å². The van der Waals surface area contributed by atoms with Crippen molar-refractivity contribution in [2.45, 2.75) is 71.9 Å². The van der Waals surface area contributed by atoms with Gasteiger partial charge in [0.25, 0.3) is 5.91 Å². The molecular formula is C50H55N7O6. The number of rotatable bonds is 10. The van der Waals surface area contributed by atoms with Crippen molar-refractivity contribution in [3.8, 4) is 11.8 Å². The van der Waals surface area contributed by atoms with Crippen molar-refractivity contribution in [1.29, 1.82) is 5.26 Å². The van der Waals surface area contributed by atoms with Crippen molar-refractivity contribution in [2.75, 3.05) is 55.6 Å². The third kappa shape index (κ3) is 7.73. The molecule has 63 heavy (non-hydrogen) atoms. The smallest absolute Gasteiger partial charge is 0.251 e. The predicted octanol–water partition coefficient (Wildman–Crippen LogP) is 6.20. The Balaban J connectivity index is 0.721. The molecule has 3 amide bonds. The van der Waals surface area contributed by atoms with E-state index in [9.17, 15) is 29.2 Å². The van der Waals surface area contributed by atoms with Gasteiger partial charge in [0, 0.05) is 102 Å². The summed E-state index contributed by atoms with van der Waals surface area (Å²) in [6, 6.07) is 22.9. The van der Waals surface area contributed by atoms with Crippen LogP contribution < -0.4 is 25.2 Å². The second-order valence-electron chi connectivity index (χ2n) is 19.3. The number of ether oxygens (including phenoxy) is 1. The van der Waals surface area contributed by atoms with Gasteiger partial charge in [-0.25, -0.2) is 0 Å². The summed E-state index contributed by atoms with van der Waals surface area (Å²) in [5, 5.41) is 16.0. The predicted molar refractivity (Wildman–Crippen MR) is 239 cm³/mol. The summed E-state index contributed by atoms with van der Waals surface area (Å²) in [5.41, 5.74) is 3.85. The van der Waals surface area contributed by atoms with Crippen LogP contribution in [0.3, 0.4) is 0 Å². The van der Waals surface area contributed by atoms with Crippen LogP contribution >= 0.6 is 0 Å². The summed E-state index contributed by atoms with van der Waals surface area (Å²) in [6.07, 6.45) is 5.23. The minimum Gasteiger partial charge on any atom is -0.488 e. The molecule has 5 aliphatic rings. The number of piperidine rings is 2. The molecule has 3 aromatic carbocycles. The zero-order valence-electron chi connectivity index (χ0n) is 36.5. The molecule has 2 aliphatic carbocycles. The summed E-state index contributed by atoms with van der Waals surface area (Å²) in [6.45, 7) is 15.0. The molecule has 9 rings (SSSR count). The second-order valence-corrected chi connectivity index (χ2v) is 19.3. The van der Waals surface area contributed by atoms with Gasteiger partial charge < -0.3 is 19.9 Å². The SMILES string of the molecule is CC1(C)[C@H](NC(=O)c2ccc(N3CCC(CCN4CCN(c5ccc6c(c5)C(=O)C(C5CCC(=O)NC5=O)C6=O)CC4)CC3)cc2)C(C)(C)[C@H]1Oc1ccc(C#N)c2ncccc12. The molecule has 0 bridgehead atoms. The van der Waals surface area contributed by atoms with Gasteiger partial charge in [0.15, 0.2) is 11.6 Å². The third-order valence-electron chi connectivity index (χ3n) is 14.7. The maximum Gasteiger partial charge on any atom is 0.251 e. The number of nitrogens with one attached hydrogen (secondary N) is 2. The lowest BCUT2D eigenvalue weighted by Crippen LogP contribution is -2.74. The molecule has 2 N–H and O–H groups in total. The average Bonchev–Trinajstić information content (AvgIpc) is 3.54. The maximum atomic E-state index is 13.6. The number of hydrogen-bond acceptors (Lipinski definition) is 11. The first kappa shape index (κ1) is 42.2. The summed E-state index contributed by atoms with van der Waals surface area (Å²) >= 11 is 0. The topological polar surface area (TPSA) is 165 Å². The number of Topliss-reactive ketones (excluding diaryl/α,β-unsaturated/α-hetero) is 2. The first-order valence-electron chi connectivity index (χ1n) is 22.4. The highest BCUT2D eigenvalue weighted by Gasteiger charge is 2.64. The van der Waals surface area contributed by atoms with E-state index in [1.165, 1.54) is 0 Å². The Bertz CT molecular complexity index is 2510. The van der Waals surface area contributed by atoms with Crippen molar-refractivity contribution in [3.05, 3.63) is 95.2 Å². The Kier molecular flexibility index (Phi) is 11.1. The molecule has 2 unspecified atom stereocenters. The summed E-state index contributed by atoms with van der Waals surface area (Å²) in [4.78, 5) is 76.1. The van der Waals surface area contributed by atoms with Gasteiger partial charge in [0.05, 0.1) is 22.9 Å². The molecule has 1 saturated carbocycles. The van der Waals surface area contributed by atoms with Crippen LogP contribution in [-0.4, -0.2) is 97.1 Å². The minimum absolute atomic E-state index is 0.0993. The van der Waals surface area contributed by atoms with Crippen LogP contribution in [0.4, 0.5) is 11.4 Å². The van der Waals surface area contributed by atoms with Crippen LogP contribution in [0.5, 0.6) is 5.75 Å². The van der Waals surface area contributed by atoms with Gasteiger partial charge in [-0.15, -0.1) is 0 Å². The highest BCUT2D eigenvalue weighted by Crippen LogP contribution is 2.56. The van der Waals surface area contributed by atoms with E-state index in [1.807, 2.05) is 42.5 Å². The number of carbonyl (C=O) groups excluding carboxylic acids is 5. The molecule has 0 radical (unpaired) electrons. The van der Waals surface area contributed by atoms with Crippen LogP contribution in [0.2, 0.25) is 0 Å². The fourth-order valence-corrected chi connectivity index (χ4v) is 11.4. The fourth-order valence-electron chi connectivity index (χ4n) is 11.4. The van der Waals surface area contributed by atoms with Gasteiger partial charge in [-0.1, -0.05) is 27.7 Å². The van der Waals surface area contributed by atoms with E-state index in [2.05, 4.69) is 76.2 Å². The average molecular weight is 850 g/mol. The summed E-state index contributed by atoms with van der Waals surface area (Å²) < 4.78 is 6.66. The first-order valence-corrected chi connectivity index (χ1v) is 22.4. The van der Waals surface area contributed by atoms with Gasteiger partial charge in [0.2, 0.25) is 11.8 Å². The zero-order chi connectivity index (χ0) is 44.2. The number of imide groups is 1. The van der Waals surface area contributed by atoms with Gasteiger partial charge in [-0.05, 0) is 105 Å². The Morgan fingerprint density at radius 1 is 0.841 bits per heavy atom. The largest absolute Gasteiger partial charge is 0.488 e. The molecule has 13 heteroatoms. The number of anilines is 2. The van der Waals surface area contributed by atoms with Crippen molar-refractivity contribution in [3.63, 3.8) is 0 Å². The maximum absolute atomic E-state index is 13.6. The van der Waals surface area contributed by atoms with Crippen LogP contribution in [0, 0.1) is 39.9 Å². The standard InChI is InChI=1S/C50H55N7O6/c1-49(2)47(50(3,4)48(49)63-39-15-9-32(29-51)42-36(39)6-5-20-52-42)54-45(61)31-7-10-33(11-8-31)56-22-18-30(19-23-56)17-21-55-24-26-57(27-25-55)34-12-13-35-38(28-34)44(60)41(43(35)59)37-14-16-40(58)53-46(37)62/h5-13,15,20,28,30,37,41,47-48H,14,16-19,21-27H2,1-4H3,(H,54,61)(H,53,58,62)/t37?,41?,47-,48-. The van der Waals surface area contributed by atoms with E-state index < -0.39 is 17.7 Å². The van der Waals surface area contributed by atoms with Crippen molar-refractivity contribution in [1.82, 2.24) is 20.5 Å². The number of nitriles is 1. The highest BCUT2D eigenvalue weighted by molar-refractivity contribution is 6.28. The number of carbonyl (C=O) groups is 5. The van der Waals surface area contributed by atoms with Crippen molar-refractivity contribution < 1.29 is 28.7 Å². The number of fused-ring (bicyclic) bond motifs is 2. The van der Waals surface area contributed by atoms with Crippen LogP contribution in [-0.2, 0) is 9.59 Å². The quantitative estimate of drug-likeness (QED) is 0.138. The van der Waals surface area contributed by atoms with Crippen LogP contribution in [0.15, 0.2) is 72.9 Å². The van der Waals surface area contributed by atoms with E-state index in [0.29, 0.717) is 39.4 Å². The Morgan fingerprint density at radius 2 is 1.52 bits per heavy atom. The summed E-state index contributed by atoms with van der Waals surface area (Å²) in [5.74, 6) is -2.15. The molecule has 1 aromatic heterocycles. The molecule has 4 fully saturated rings. The molecule has 4 heterocycles. The fraction of sp³-hybridized carbons (Fsp3) is 0.460. The number of amides is 3. The third-order valence-corrected chi connectivity index (χ3v) is 14.7. The van der Waals surface area contributed by atoms with Crippen LogP contribution in [0.1, 0.15) is 96.4 Å². The molecule has 0 spiro atoms. The Hall–Kier alpha value is -6.13. The normalized spacial score (nSPS) is 24.7. The van der Waals surface area contributed by atoms with E-state index in [0.717, 1.165) is 81.8 Å². The number of hydrogen-bond donors (Lipinski definition) is 2. The summed E-state index contributed by atoms with van der Waals surface area (Å²) in [7, 11) is 0. The lowest BCUT2D eigenvalue weighted by molar-refractivity contribution is -0.163. The first-order chi connectivity index (χ1) is 30.2. The van der Waals surface area contributed by atoms with Gasteiger partial charge in [-0.2, -0.15) is 5.26 Å². The van der Waals surface area contributed by atoms with E-state index in [4.69, 9.17) is 4.74 Å². The lowest BCUT2D eigenvalue weighted by Gasteiger charge is -2.63. The zero-order valence-corrected chi connectivity index (χ0v) is 36.5.